The minimum absolute atomic E-state index is 1.01. The highest BCUT2D eigenvalue weighted by Gasteiger charge is 2.23. The molecule has 0 radical (unpaired) electrons. The first-order chi connectivity index (χ1) is 6.40. The molecule has 1 aliphatic heterocycles. The van der Waals surface area contributed by atoms with E-state index in [1.807, 2.05) is 0 Å². The van der Waals surface area contributed by atoms with Gasteiger partial charge in [-0.3, -0.25) is 14.8 Å². The maximum atomic E-state index is 3.49. The molecule has 0 fully saturated rings. The molecule has 4 heteroatoms. The van der Waals surface area contributed by atoms with Crippen molar-refractivity contribution in [3.63, 3.8) is 0 Å². The molecule has 0 aromatic rings. The topological polar surface area (TPSA) is 18.3 Å². The number of rotatable bonds is 3. The average molecular weight is 200 g/mol. The fraction of sp³-hybridized carbons (Fsp3) is 0.900. The number of guanidine groups is 1. The van der Waals surface area contributed by atoms with E-state index in [4.69, 9.17) is 0 Å². The molecule has 1 heterocycles. The highest BCUT2D eigenvalue weighted by atomic mass is 15.4. The van der Waals surface area contributed by atoms with Gasteiger partial charge in [-0.2, -0.15) is 0 Å². The van der Waals surface area contributed by atoms with Crippen LogP contribution in [-0.4, -0.2) is 81.3 Å². The van der Waals surface area contributed by atoms with Crippen LogP contribution in [0.5, 0.6) is 0 Å². The predicted molar refractivity (Wildman–Crippen MR) is 59.6 cm³/mol. The summed E-state index contributed by atoms with van der Waals surface area (Å²) in [6.45, 7) is 4.44. The Bertz CT molecular complexity index is 227. The Kier molecular flexibility index (Phi) is 3.37. The number of hydrogen-bond donors (Lipinski definition) is 1. The molecule has 1 N–H and O–H groups in total. The zero-order valence-electron chi connectivity index (χ0n) is 10.2. The fourth-order valence-corrected chi connectivity index (χ4v) is 1.58. The number of hydrogen-bond acceptors (Lipinski definition) is 2. The van der Waals surface area contributed by atoms with E-state index in [2.05, 4.69) is 50.0 Å². The summed E-state index contributed by atoms with van der Waals surface area (Å²) >= 11 is 0. The number of likely N-dealkylation sites (N-methyl/N-ethyl adjacent to an activating group) is 3. The second-order valence-electron chi connectivity index (χ2n) is 5.11. The van der Waals surface area contributed by atoms with Crippen LogP contribution in [0.1, 0.15) is 0 Å². The summed E-state index contributed by atoms with van der Waals surface area (Å²) in [5.41, 5.74) is 0. The lowest BCUT2D eigenvalue weighted by Crippen LogP contribution is -2.45. The Hall–Kier alpha value is -0.770. The van der Waals surface area contributed by atoms with Crippen molar-refractivity contribution >= 4 is 5.96 Å². The molecule has 14 heavy (non-hydrogen) atoms. The molecule has 0 unspecified atom stereocenters. The average Bonchev–Trinajstić information content (AvgIpc) is 2.33. The van der Waals surface area contributed by atoms with E-state index in [0.29, 0.717) is 0 Å². The van der Waals surface area contributed by atoms with Crippen molar-refractivity contribution in [1.82, 2.24) is 10.2 Å². The third-order valence-electron chi connectivity index (χ3n) is 2.56. The van der Waals surface area contributed by atoms with Crippen molar-refractivity contribution in [3.05, 3.63) is 0 Å². The Morgan fingerprint density at radius 2 is 2.07 bits per heavy atom. The van der Waals surface area contributed by atoms with Gasteiger partial charge in [-0.25, -0.2) is 0 Å². The molecule has 0 aliphatic carbocycles. The highest BCUT2D eigenvalue weighted by molar-refractivity contribution is 5.75. The van der Waals surface area contributed by atoms with Gasteiger partial charge in [0.15, 0.2) is 0 Å². The van der Waals surface area contributed by atoms with Crippen molar-refractivity contribution in [2.75, 3.05) is 61.4 Å². The smallest absolute Gasteiger partial charge is 0.328 e. The lowest BCUT2D eigenvalue weighted by Gasteiger charge is -2.23. The molecule has 1 aliphatic rings. The Labute approximate surface area is 87.4 Å². The summed E-state index contributed by atoms with van der Waals surface area (Å²) in [6, 6.07) is 0. The van der Waals surface area contributed by atoms with Crippen molar-refractivity contribution in [3.8, 4) is 0 Å². The van der Waals surface area contributed by atoms with Crippen LogP contribution in [0.3, 0.4) is 0 Å². The third-order valence-corrected chi connectivity index (χ3v) is 2.56. The summed E-state index contributed by atoms with van der Waals surface area (Å²) in [5, 5.41) is 3.49. The molecule has 0 bridgehead atoms. The first-order valence-corrected chi connectivity index (χ1v) is 5.24. The van der Waals surface area contributed by atoms with Crippen molar-refractivity contribution in [2.24, 2.45) is 0 Å². The van der Waals surface area contributed by atoms with Crippen LogP contribution in [0, 0.1) is 0 Å². The largest absolute Gasteiger partial charge is 0.348 e. The molecule has 1 rings (SSSR count). The van der Waals surface area contributed by atoms with Crippen LogP contribution in [0.25, 0.3) is 0 Å². The van der Waals surface area contributed by atoms with Crippen LogP contribution < -0.4 is 5.32 Å². The molecule has 82 valence electrons. The summed E-state index contributed by atoms with van der Waals surface area (Å²) in [6.07, 6.45) is 0. The third kappa shape index (κ3) is 3.18. The fourth-order valence-electron chi connectivity index (χ4n) is 1.58. The van der Waals surface area contributed by atoms with Gasteiger partial charge in [0.25, 0.3) is 0 Å². The van der Waals surface area contributed by atoms with Crippen molar-refractivity contribution < 1.29 is 9.06 Å². The van der Waals surface area contributed by atoms with Crippen molar-refractivity contribution in [2.45, 2.75) is 0 Å². The van der Waals surface area contributed by atoms with E-state index < -0.39 is 0 Å². The predicted octanol–water partition coefficient (Wildman–Crippen LogP) is -0.774. The highest BCUT2D eigenvalue weighted by Crippen LogP contribution is 1.94. The maximum Gasteiger partial charge on any atom is 0.348 e. The van der Waals surface area contributed by atoms with Crippen LogP contribution in [0.4, 0.5) is 0 Å². The summed E-state index contributed by atoms with van der Waals surface area (Å²) in [7, 11) is 10.9. The van der Waals surface area contributed by atoms with E-state index in [0.717, 1.165) is 30.7 Å². The summed E-state index contributed by atoms with van der Waals surface area (Å²) < 4.78 is 3.28. The van der Waals surface area contributed by atoms with Gasteiger partial charge in [-0.1, -0.05) is 0 Å². The van der Waals surface area contributed by atoms with Gasteiger partial charge in [-0.05, 0) is 0 Å². The standard InChI is InChI=1S/C10H23N4/c1-12-7-8-13(2)10(12)11-6-9-14(3,4)5/h6-9H2,1-5H3/q+1/p+1. The minimum atomic E-state index is 1.01. The SMILES string of the molecule is CN1CC[N+](C)=C1NCC[N+](C)(C)C. The van der Waals surface area contributed by atoms with Crippen LogP contribution in [0.2, 0.25) is 0 Å². The molecular formula is C10H24N4+2. The molecule has 4 nitrogen and oxygen atoms in total. The molecule has 0 saturated heterocycles. The Morgan fingerprint density at radius 1 is 1.43 bits per heavy atom. The van der Waals surface area contributed by atoms with Gasteiger partial charge in [0.1, 0.15) is 13.1 Å². The minimum Gasteiger partial charge on any atom is -0.328 e. The van der Waals surface area contributed by atoms with E-state index in [-0.39, 0.29) is 0 Å². The van der Waals surface area contributed by atoms with E-state index >= 15 is 0 Å². The molecule has 0 atom stereocenters. The summed E-state index contributed by atoms with van der Waals surface area (Å²) in [4.78, 5) is 2.27. The Balaban J connectivity index is 2.35. The lowest BCUT2D eigenvalue weighted by molar-refractivity contribution is -0.869. The van der Waals surface area contributed by atoms with E-state index in [1.165, 1.54) is 5.96 Å². The molecule has 0 amide bonds. The molecule has 0 spiro atoms. The second kappa shape index (κ2) is 4.17. The van der Waals surface area contributed by atoms with Gasteiger partial charge < -0.3 is 4.48 Å². The van der Waals surface area contributed by atoms with Gasteiger partial charge in [0.2, 0.25) is 0 Å². The zero-order valence-corrected chi connectivity index (χ0v) is 10.2. The van der Waals surface area contributed by atoms with Crippen LogP contribution in [0.15, 0.2) is 0 Å². The van der Waals surface area contributed by atoms with Crippen LogP contribution >= 0.6 is 0 Å². The van der Waals surface area contributed by atoms with E-state index in [9.17, 15) is 0 Å². The van der Waals surface area contributed by atoms with Gasteiger partial charge >= 0.3 is 5.96 Å². The second-order valence-corrected chi connectivity index (χ2v) is 5.11. The molecule has 0 aromatic carbocycles. The number of nitrogens with one attached hydrogen (secondary N) is 1. The quantitative estimate of drug-likeness (QED) is 0.476. The van der Waals surface area contributed by atoms with Crippen molar-refractivity contribution in [1.29, 1.82) is 0 Å². The van der Waals surface area contributed by atoms with Crippen LogP contribution in [-0.2, 0) is 0 Å². The first-order valence-electron chi connectivity index (χ1n) is 5.24. The monoisotopic (exact) mass is 200 g/mol. The van der Waals surface area contributed by atoms with E-state index in [1.54, 1.807) is 0 Å². The zero-order chi connectivity index (χ0) is 10.8. The molecular weight excluding hydrogens is 176 g/mol. The van der Waals surface area contributed by atoms with Gasteiger partial charge in [-0.15, -0.1) is 0 Å². The number of nitrogens with zero attached hydrogens (tertiary/aromatic N) is 3. The first kappa shape index (κ1) is 11.3. The van der Waals surface area contributed by atoms with Gasteiger partial charge in [0, 0.05) is 0 Å². The lowest BCUT2D eigenvalue weighted by atomic mass is 10.5. The van der Waals surface area contributed by atoms with Gasteiger partial charge in [0.05, 0.1) is 48.3 Å². The Morgan fingerprint density at radius 3 is 2.50 bits per heavy atom. The normalized spacial score (nSPS) is 17.9. The molecule has 0 aromatic heterocycles. The summed E-state index contributed by atoms with van der Waals surface area (Å²) in [5.74, 6) is 1.26. The number of quaternary nitrogens is 1. The molecule has 0 saturated carbocycles. The maximum absolute atomic E-state index is 3.49.